The van der Waals surface area contributed by atoms with Gasteiger partial charge >= 0.3 is 5.97 Å². The summed E-state index contributed by atoms with van der Waals surface area (Å²) in [6.45, 7) is 3.69. The summed E-state index contributed by atoms with van der Waals surface area (Å²) in [6, 6.07) is 1.83. The zero-order chi connectivity index (χ0) is 18.4. The molecule has 0 bridgehead atoms. The summed E-state index contributed by atoms with van der Waals surface area (Å²) in [5.74, 6) is -0.801. The van der Waals surface area contributed by atoms with Gasteiger partial charge in [0.2, 0.25) is 0 Å². The van der Waals surface area contributed by atoms with Crippen LogP contribution in [0.3, 0.4) is 0 Å². The molecule has 2 aromatic heterocycles. The van der Waals surface area contributed by atoms with Crippen molar-refractivity contribution in [1.82, 2.24) is 14.8 Å². The van der Waals surface area contributed by atoms with Crippen molar-refractivity contribution < 1.29 is 14.7 Å². The lowest BCUT2D eigenvalue weighted by Gasteiger charge is -2.33. The summed E-state index contributed by atoms with van der Waals surface area (Å²) < 4.78 is 2.20. The maximum Gasteiger partial charge on any atom is 0.306 e. The minimum Gasteiger partial charge on any atom is -0.481 e. The Morgan fingerprint density at radius 3 is 2.77 bits per heavy atom. The third-order valence-electron chi connectivity index (χ3n) is 5.27. The molecule has 0 amide bonds. The molecule has 3 heterocycles. The van der Waals surface area contributed by atoms with Gasteiger partial charge in [-0.15, -0.1) is 0 Å². The fourth-order valence-electron chi connectivity index (χ4n) is 3.63. The molecule has 26 heavy (non-hydrogen) atoms. The molecule has 2 aliphatic rings. The van der Waals surface area contributed by atoms with Crippen molar-refractivity contribution in [3.8, 4) is 0 Å². The second kappa shape index (κ2) is 6.64. The molecule has 0 aromatic carbocycles. The number of fused-ring (bicyclic) bond motifs is 1. The van der Waals surface area contributed by atoms with Crippen molar-refractivity contribution in [3.63, 3.8) is 0 Å². The summed E-state index contributed by atoms with van der Waals surface area (Å²) in [5.41, 5.74) is 3.16. The van der Waals surface area contributed by atoms with Gasteiger partial charge in [-0.05, 0) is 60.4 Å². The number of hydrogen-bond donors (Lipinski definition) is 1. The lowest BCUT2D eigenvalue weighted by atomic mass is 9.88. The van der Waals surface area contributed by atoms with Crippen LogP contribution in [0.4, 0.5) is 5.82 Å². The van der Waals surface area contributed by atoms with Crippen molar-refractivity contribution >= 4 is 40.3 Å². The Labute approximate surface area is 164 Å². The summed E-state index contributed by atoms with van der Waals surface area (Å²) >= 11 is 2.13. The first-order valence-corrected chi connectivity index (χ1v) is 9.79. The zero-order valence-corrected chi connectivity index (χ0v) is 16.6. The number of rotatable bonds is 3. The molecule has 1 saturated heterocycles. The minimum atomic E-state index is -0.815. The molecule has 7 nitrogen and oxygen atoms in total. The Balaban J connectivity index is 1.78. The third-order valence-corrected chi connectivity index (χ3v) is 6.14. The van der Waals surface area contributed by atoms with E-state index in [1.165, 1.54) is 4.68 Å². The smallest absolute Gasteiger partial charge is 0.306 e. The van der Waals surface area contributed by atoms with Crippen molar-refractivity contribution in [1.29, 1.82) is 0 Å². The average molecular weight is 466 g/mol. The van der Waals surface area contributed by atoms with Gasteiger partial charge in [-0.2, -0.15) is 9.78 Å². The largest absolute Gasteiger partial charge is 0.481 e. The quantitative estimate of drug-likeness (QED) is 0.699. The van der Waals surface area contributed by atoms with Gasteiger partial charge in [0.15, 0.2) is 0 Å². The number of nitrogens with zero attached hydrogens (tertiary/aromatic N) is 4. The fraction of sp³-hybridized carbons (Fsp3) is 0.444. The maximum atomic E-state index is 13.4. The molecular weight excluding hydrogens is 447 g/mol. The second-order valence-electron chi connectivity index (χ2n) is 6.88. The van der Waals surface area contributed by atoms with E-state index in [1.54, 1.807) is 6.20 Å². The Morgan fingerprint density at radius 2 is 2.12 bits per heavy atom. The van der Waals surface area contributed by atoms with E-state index < -0.39 is 11.9 Å². The van der Waals surface area contributed by atoms with Crippen LogP contribution in [0.5, 0.6) is 0 Å². The van der Waals surface area contributed by atoms with Gasteiger partial charge < -0.3 is 10.0 Å². The number of carbonyl (C=O) groups is 2. The van der Waals surface area contributed by atoms with E-state index >= 15 is 0 Å². The Bertz CT molecular complexity index is 904. The van der Waals surface area contributed by atoms with E-state index in [0.717, 1.165) is 40.0 Å². The summed E-state index contributed by atoms with van der Waals surface area (Å²) in [6.07, 6.45) is 4.39. The first-order valence-electron chi connectivity index (χ1n) is 8.71. The second-order valence-corrected chi connectivity index (χ2v) is 7.90. The predicted octanol–water partition coefficient (Wildman–Crippen LogP) is 2.28. The molecule has 1 aliphatic carbocycles. The van der Waals surface area contributed by atoms with Crippen molar-refractivity contribution in [2.75, 3.05) is 18.0 Å². The molecule has 1 aliphatic heterocycles. The van der Waals surface area contributed by atoms with Crippen LogP contribution in [0.25, 0.3) is 0 Å². The number of anilines is 1. The molecule has 4 rings (SSSR count). The molecule has 1 atom stereocenters. The van der Waals surface area contributed by atoms with Gasteiger partial charge in [0.1, 0.15) is 9.52 Å². The average Bonchev–Trinajstić information content (AvgIpc) is 2.89. The van der Waals surface area contributed by atoms with Gasteiger partial charge in [0, 0.05) is 31.3 Å². The van der Waals surface area contributed by atoms with E-state index in [1.807, 2.05) is 13.0 Å². The van der Waals surface area contributed by atoms with E-state index in [9.17, 15) is 14.7 Å². The Kier molecular flexibility index (Phi) is 4.45. The van der Waals surface area contributed by atoms with Crippen molar-refractivity contribution in [2.24, 2.45) is 5.92 Å². The molecule has 8 heteroatoms. The van der Waals surface area contributed by atoms with E-state index in [-0.39, 0.29) is 5.91 Å². The van der Waals surface area contributed by atoms with E-state index in [0.29, 0.717) is 30.6 Å². The molecule has 1 unspecified atom stereocenters. The van der Waals surface area contributed by atoms with Crippen LogP contribution >= 0.6 is 22.6 Å². The summed E-state index contributed by atoms with van der Waals surface area (Å²) in [5, 5.41) is 13.8. The van der Waals surface area contributed by atoms with Crippen LogP contribution in [-0.2, 0) is 17.6 Å². The van der Waals surface area contributed by atoms with Crippen molar-refractivity contribution in [3.05, 3.63) is 38.3 Å². The van der Waals surface area contributed by atoms with E-state index in [4.69, 9.17) is 0 Å². The maximum absolute atomic E-state index is 13.4. The number of carbonyl (C=O) groups excluding carboxylic acids is 1. The van der Waals surface area contributed by atoms with Gasteiger partial charge in [0.25, 0.3) is 5.91 Å². The van der Waals surface area contributed by atoms with Crippen LogP contribution in [0.1, 0.15) is 40.0 Å². The number of carboxylic acids is 1. The lowest BCUT2D eigenvalue weighted by Crippen LogP contribution is -2.39. The highest BCUT2D eigenvalue weighted by molar-refractivity contribution is 14.1. The van der Waals surface area contributed by atoms with Gasteiger partial charge in [-0.3, -0.25) is 9.59 Å². The van der Waals surface area contributed by atoms with Crippen LogP contribution < -0.4 is 4.90 Å². The first-order chi connectivity index (χ1) is 12.5. The first kappa shape index (κ1) is 17.4. The molecule has 0 radical (unpaired) electrons. The van der Waals surface area contributed by atoms with Gasteiger partial charge in [0.05, 0.1) is 17.2 Å². The fourth-order valence-corrected chi connectivity index (χ4v) is 4.42. The number of halogens is 1. The van der Waals surface area contributed by atoms with Crippen LogP contribution in [-0.4, -0.2) is 44.8 Å². The van der Waals surface area contributed by atoms with Gasteiger partial charge in [-0.25, -0.2) is 4.98 Å². The zero-order valence-electron chi connectivity index (χ0n) is 14.4. The molecular formula is C18H19IN4O3. The highest BCUT2D eigenvalue weighted by Crippen LogP contribution is 2.31. The highest BCUT2D eigenvalue weighted by atomic mass is 127. The highest BCUT2D eigenvalue weighted by Gasteiger charge is 2.33. The molecule has 0 saturated carbocycles. The number of carboxylic acid groups (broad SMARTS) is 1. The number of hydrogen-bond acceptors (Lipinski definition) is 5. The van der Waals surface area contributed by atoms with Crippen LogP contribution in [0.2, 0.25) is 0 Å². The monoisotopic (exact) mass is 466 g/mol. The number of aromatic nitrogens is 3. The third kappa shape index (κ3) is 2.80. The number of pyridine rings is 1. The Hall–Kier alpha value is -1.97. The standard InChI is InChI=1S/C18H19IN4O3/c1-10-5-6-20-16(22-7-2-8-22)14(10)17(24)23-13-9-11(18(25)26)3-4-12(13)15(19)21-23/h5-6,11H,2-4,7-9H2,1H3,(H,25,26). The van der Waals surface area contributed by atoms with Crippen molar-refractivity contribution in [2.45, 2.75) is 32.6 Å². The predicted molar refractivity (Wildman–Crippen MR) is 104 cm³/mol. The molecule has 1 N–H and O–H groups in total. The van der Waals surface area contributed by atoms with Crippen LogP contribution in [0.15, 0.2) is 12.3 Å². The minimum absolute atomic E-state index is 0.220. The Morgan fingerprint density at radius 1 is 1.35 bits per heavy atom. The van der Waals surface area contributed by atoms with Gasteiger partial charge in [-0.1, -0.05) is 0 Å². The molecule has 0 spiro atoms. The SMILES string of the molecule is Cc1ccnc(N2CCC2)c1C(=O)n1nc(I)c2c1CC(C(=O)O)CC2. The lowest BCUT2D eigenvalue weighted by molar-refractivity contribution is -0.142. The molecule has 1 fully saturated rings. The molecule has 2 aromatic rings. The topological polar surface area (TPSA) is 88.3 Å². The van der Waals surface area contributed by atoms with E-state index in [2.05, 4.69) is 37.6 Å². The van der Waals surface area contributed by atoms with Crippen LogP contribution in [0, 0.1) is 16.5 Å². The number of aryl methyl sites for hydroxylation is 1. The summed E-state index contributed by atoms with van der Waals surface area (Å²) in [4.78, 5) is 31.3. The number of aliphatic carboxylic acids is 1. The normalized spacial score (nSPS) is 19.0. The molecule has 136 valence electrons. The summed E-state index contributed by atoms with van der Waals surface area (Å²) in [7, 11) is 0.